The predicted octanol–water partition coefficient (Wildman–Crippen LogP) is 3.22. The van der Waals surface area contributed by atoms with Gasteiger partial charge in [-0.05, 0) is 41.8 Å². The van der Waals surface area contributed by atoms with Gasteiger partial charge in [-0.15, -0.1) is 11.3 Å². The molecule has 1 aromatic carbocycles. The summed E-state index contributed by atoms with van der Waals surface area (Å²) in [5.74, 6) is 0.826. The molecule has 0 fully saturated rings. The minimum Gasteiger partial charge on any atom is -0.463 e. The normalized spacial score (nSPS) is 12.0. The third-order valence-electron chi connectivity index (χ3n) is 3.53. The van der Waals surface area contributed by atoms with E-state index in [1.807, 2.05) is 35.7 Å². The standard InChI is InChI=1S/C18H17ClN2O2S/c19-14-4-1-5-15(10-14)20-18(22)13-21(11-16-6-2-8-23-16)12-17-7-3-9-24-17/h1-10H,11-13H2,(H,20,22)/p+1. The van der Waals surface area contributed by atoms with Crippen molar-refractivity contribution in [2.75, 3.05) is 11.9 Å². The summed E-state index contributed by atoms with van der Waals surface area (Å²) in [4.78, 5) is 14.7. The molecule has 1 atom stereocenters. The van der Waals surface area contributed by atoms with Gasteiger partial charge in [0, 0.05) is 10.7 Å². The number of benzene rings is 1. The van der Waals surface area contributed by atoms with Crippen LogP contribution in [0.3, 0.4) is 0 Å². The van der Waals surface area contributed by atoms with Gasteiger partial charge in [-0.3, -0.25) is 4.79 Å². The van der Waals surface area contributed by atoms with Gasteiger partial charge in [-0.25, -0.2) is 0 Å². The van der Waals surface area contributed by atoms with Crippen LogP contribution >= 0.6 is 22.9 Å². The summed E-state index contributed by atoms with van der Waals surface area (Å²) in [6.07, 6.45) is 1.66. The Kier molecular flexibility index (Phi) is 5.69. The van der Waals surface area contributed by atoms with Crippen molar-refractivity contribution in [3.63, 3.8) is 0 Å². The maximum Gasteiger partial charge on any atom is 0.279 e. The van der Waals surface area contributed by atoms with E-state index in [0.717, 1.165) is 17.2 Å². The van der Waals surface area contributed by atoms with Crippen molar-refractivity contribution in [2.45, 2.75) is 13.1 Å². The number of anilines is 1. The number of carbonyl (C=O) groups excluding carboxylic acids is 1. The van der Waals surface area contributed by atoms with Crippen LogP contribution in [0.4, 0.5) is 5.69 Å². The molecular formula is C18H18ClN2O2S+. The number of quaternary nitrogens is 1. The second-order valence-corrected chi connectivity index (χ2v) is 6.97. The van der Waals surface area contributed by atoms with Crippen molar-refractivity contribution in [3.05, 3.63) is 75.8 Å². The second kappa shape index (κ2) is 8.15. The van der Waals surface area contributed by atoms with E-state index in [0.29, 0.717) is 23.8 Å². The molecule has 2 N–H and O–H groups in total. The number of amides is 1. The van der Waals surface area contributed by atoms with Crippen LogP contribution in [-0.2, 0) is 17.9 Å². The Bertz CT molecular complexity index is 736. The van der Waals surface area contributed by atoms with Gasteiger partial charge < -0.3 is 14.6 Å². The van der Waals surface area contributed by atoms with Crippen molar-refractivity contribution in [1.82, 2.24) is 0 Å². The summed E-state index contributed by atoms with van der Waals surface area (Å²) in [5, 5.41) is 5.55. The Morgan fingerprint density at radius 3 is 2.79 bits per heavy atom. The van der Waals surface area contributed by atoms with Gasteiger partial charge in [0.25, 0.3) is 5.91 Å². The number of thiophene rings is 1. The van der Waals surface area contributed by atoms with Crippen LogP contribution < -0.4 is 10.2 Å². The minimum absolute atomic E-state index is 0.0459. The molecular weight excluding hydrogens is 344 g/mol. The van der Waals surface area contributed by atoms with E-state index in [4.69, 9.17) is 16.0 Å². The zero-order chi connectivity index (χ0) is 16.8. The van der Waals surface area contributed by atoms with Crippen molar-refractivity contribution in [2.24, 2.45) is 0 Å². The summed E-state index contributed by atoms with van der Waals surface area (Å²) in [7, 11) is 0. The molecule has 3 aromatic rings. The summed E-state index contributed by atoms with van der Waals surface area (Å²) in [5.41, 5.74) is 0.709. The first-order chi connectivity index (χ1) is 11.7. The van der Waals surface area contributed by atoms with Crippen LogP contribution in [0.1, 0.15) is 10.6 Å². The number of halogens is 1. The number of hydrogen-bond donors (Lipinski definition) is 2. The first-order valence-electron chi connectivity index (χ1n) is 7.63. The van der Waals surface area contributed by atoms with Gasteiger partial charge in [-0.1, -0.05) is 23.7 Å². The molecule has 3 rings (SSSR count). The summed E-state index contributed by atoms with van der Waals surface area (Å²) in [6.45, 7) is 1.79. The van der Waals surface area contributed by atoms with Crippen LogP contribution in [0.5, 0.6) is 0 Å². The van der Waals surface area contributed by atoms with Crippen LogP contribution in [0.15, 0.2) is 64.6 Å². The first-order valence-corrected chi connectivity index (χ1v) is 8.88. The molecule has 24 heavy (non-hydrogen) atoms. The lowest BCUT2D eigenvalue weighted by Crippen LogP contribution is -3.10. The smallest absolute Gasteiger partial charge is 0.279 e. The molecule has 0 spiro atoms. The van der Waals surface area contributed by atoms with E-state index >= 15 is 0 Å². The van der Waals surface area contributed by atoms with E-state index in [1.165, 1.54) is 4.88 Å². The fourth-order valence-corrected chi connectivity index (χ4v) is 3.47. The summed E-state index contributed by atoms with van der Waals surface area (Å²) < 4.78 is 5.43. The lowest BCUT2D eigenvalue weighted by molar-refractivity contribution is -0.920. The van der Waals surface area contributed by atoms with E-state index in [9.17, 15) is 4.79 Å². The molecule has 0 bridgehead atoms. The first kappa shape index (κ1) is 16.8. The minimum atomic E-state index is -0.0459. The van der Waals surface area contributed by atoms with Crippen LogP contribution in [0.25, 0.3) is 0 Å². The molecule has 0 saturated carbocycles. The third kappa shape index (κ3) is 4.96. The van der Waals surface area contributed by atoms with Crippen LogP contribution in [-0.4, -0.2) is 12.5 Å². The predicted molar refractivity (Wildman–Crippen MR) is 96.3 cm³/mol. The molecule has 0 aliphatic heterocycles. The number of hydrogen-bond acceptors (Lipinski definition) is 3. The van der Waals surface area contributed by atoms with Crippen molar-refractivity contribution < 1.29 is 14.1 Å². The highest BCUT2D eigenvalue weighted by Crippen LogP contribution is 2.14. The molecule has 0 aliphatic carbocycles. The molecule has 1 unspecified atom stereocenters. The molecule has 124 valence electrons. The molecule has 2 aromatic heterocycles. The third-order valence-corrected chi connectivity index (χ3v) is 4.64. The highest BCUT2D eigenvalue weighted by molar-refractivity contribution is 7.09. The monoisotopic (exact) mass is 361 g/mol. The highest BCUT2D eigenvalue weighted by Gasteiger charge is 2.17. The quantitative estimate of drug-likeness (QED) is 0.678. The van der Waals surface area contributed by atoms with Gasteiger partial charge in [-0.2, -0.15) is 0 Å². The summed E-state index contributed by atoms with van der Waals surface area (Å²) in [6, 6.07) is 15.1. The summed E-state index contributed by atoms with van der Waals surface area (Å²) >= 11 is 7.65. The topological polar surface area (TPSA) is 46.7 Å². The van der Waals surface area contributed by atoms with Crippen LogP contribution in [0, 0.1) is 0 Å². The van der Waals surface area contributed by atoms with Gasteiger partial charge in [0.1, 0.15) is 13.1 Å². The van der Waals surface area contributed by atoms with Gasteiger partial charge in [0.2, 0.25) is 0 Å². The van der Waals surface area contributed by atoms with Crippen LogP contribution in [0.2, 0.25) is 5.02 Å². The molecule has 0 aliphatic rings. The van der Waals surface area contributed by atoms with Gasteiger partial charge in [0.05, 0.1) is 11.1 Å². The molecule has 2 heterocycles. The number of furan rings is 1. The Morgan fingerprint density at radius 2 is 2.08 bits per heavy atom. The lowest BCUT2D eigenvalue weighted by atomic mass is 10.3. The largest absolute Gasteiger partial charge is 0.463 e. The maximum absolute atomic E-state index is 12.4. The fraction of sp³-hybridized carbons (Fsp3) is 0.167. The Morgan fingerprint density at radius 1 is 1.17 bits per heavy atom. The Balaban J connectivity index is 1.64. The number of rotatable bonds is 7. The van der Waals surface area contributed by atoms with Crippen molar-refractivity contribution in [3.8, 4) is 0 Å². The van der Waals surface area contributed by atoms with E-state index < -0.39 is 0 Å². The maximum atomic E-state index is 12.4. The Hall–Kier alpha value is -2.08. The van der Waals surface area contributed by atoms with E-state index in [-0.39, 0.29) is 5.91 Å². The van der Waals surface area contributed by atoms with E-state index in [1.54, 1.807) is 29.7 Å². The van der Waals surface area contributed by atoms with Gasteiger partial charge >= 0.3 is 0 Å². The average Bonchev–Trinajstić information content (AvgIpc) is 3.21. The molecule has 1 amide bonds. The second-order valence-electron chi connectivity index (χ2n) is 5.50. The Labute approximate surface area is 149 Å². The molecule has 6 heteroatoms. The molecule has 0 saturated heterocycles. The highest BCUT2D eigenvalue weighted by atomic mass is 35.5. The zero-order valence-electron chi connectivity index (χ0n) is 13.0. The number of nitrogens with one attached hydrogen (secondary N) is 2. The van der Waals surface area contributed by atoms with Crippen molar-refractivity contribution >= 4 is 34.5 Å². The zero-order valence-corrected chi connectivity index (χ0v) is 14.6. The lowest BCUT2D eigenvalue weighted by Gasteiger charge is -2.17. The number of carbonyl (C=O) groups is 1. The SMILES string of the molecule is O=C(C[NH+](Cc1ccco1)Cc1cccs1)Nc1cccc(Cl)c1. The van der Waals surface area contributed by atoms with Crippen molar-refractivity contribution in [1.29, 1.82) is 0 Å². The molecule has 4 nitrogen and oxygen atoms in total. The fourth-order valence-electron chi connectivity index (χ4n) is 2.51. The molecule has 0 radical (unpaired) electrons. The van der Waals surface area contributed by atoms with E-state index in [2.05, 4.69) is 11.4 Å². The van der Waals surface area contributed by atoms with Gasteiger partial charge in [0.15, 0.2) is 12.3 Å². The average molecular weight is 362 g/mol.